The lowest BCUT2D eigenvalue weighted by Crippen LogP contribution is -2.51. The van der Waals surface area contributed by atoms with E-state index in [4.69, 9.17) is 0 Å². The minimum atomic E-state index is -0.487. The number of nitrogens with zero attached hydrogens (tertiary/aromatic N) is 2. The number of nitriles is 1. The van der Waals surface area contributed by atoms with E-state index < -0.39 is 6.04 Å². The molecule has 2 aliphatic heterocycles. The van der Waals surface area contributed by atoms with Crippen LogP contribution in [-0.2, 0) is 22.4 Å². The van der Waals surface area contributed by atoms with Crippen molar-refractivity contribution in [3.8, 4) is 6.07 Å². The van der Waals surface area contributed by atoms with Crippen molar-refractivity contribution >= 4 is 35.2 Å². The fourth-order valence-electron chi connectivity index (χ4n) is 4.38. The first-order chi connectivity index (χ1) is 13.7. The van der Waals surface area contributed by atoms with Crippen molar-refractivity contribution in [1.82, 2.24) is 10.2 Å². The van der Waals surface area contributed by atoms with Gasteiger partial charge >= 0.3 is 0 Å². The minimum absolute atomic E-state index is 0.0912. The number of carbonyl (C=O) groups is 2. The molecule has 5 nitrogen and oxygen atoms in total. The summed E-state index contributed by atoms with van der Waals surface area (Å²) in [6.07, 6.45) is 4.71. The number of carbonyl (C=O) groups excluding carboxylic acids is 2. The molecule has 1 aromatic carbocycles. The number of benzene rings is 1. The average Bonchev–Trinajstić information content (AvgIpc) is 3.40. The number of hydrogen-bond acceptors (Lipinski definition) is 6. The fourth-order valence-corrected chi connectivity index (χ4v) is 6.63. The van der Waals surface area contributed by atoms with Crippen LogP contribution in [0.4, 0.5) is 0 Å². The van der Waals surface area contributed by atoms with Crippen molar-refractivity contribution < 1.29 is 9.59 Å². The highest BCUT2D eigenvalue weighted by Gasteiger charge is 2.42. The molecule has 0 aromatic heterocycles. The Morgan fingerprint density at radius 1 is 1.29 bits per heavy atom. The second-order valence-corrected chi connectivity index (χ2v) is 9.88. The van der Waals surface area contributed by atoms with E-state index >= 15 is 0 Å². The van der Waals surface area contributed by atoms with Crippen molar-refractivity contribution in [1.29, 1.82) is 5.26 Å². The summed E-state index contributed by atoms with van der Waals surface area (Å²) in [5.41, 5.74) is 2.87. The van der Waals surface area contributed by atoms with E-state index in [1.807, 2.05) is 0 Å². The van der Waals surface area contributed by atoms with Gasteiger partial charge in [0.1, 0.15) is 17.9 Å². The summed E-state index contributed by atoms with van der Waals surface area (Å²) in [5.74, 6) is 2.44. The van der Waals surface area contributed by atoms with Gasteiger partial charge in [0.05, 0.1) is 17.2 Å². The average molecular weight is 416 g/mol. The first-order valence-electron chi connectivity index (χ1n) is 9.89. The van der Waals surface area contributed by atoms with Crippen LogP contribution in [-0.4, -0.2) is 51.4 Å². The Hall–Kier alpha value is -1.49. The molecule has 0 saturated carbocycles. The van der Waals surface area contributed by atoms with E-state index in [1.54, 1.807) is 16.7 Å². The Kier molecular flexibility index (Phi) is 6.29. The van der Waals surface area contributed by atoms with Gasteiger partial charge in [0.15, 0.2) is 0 Å². The molecule has 4 rings (SSSR count). The van der Waals surface area contributed by atoms with Crippen LogP contribution in [0.15, 0.2) is 24.3 Å². The summed E-state index contributed by atoms with van der Waals surface area (Å²) in [6, 6.07) is 9.94. The van der Waals surface area contributed by atoms with Crippen molar-refractivity contribution in [2.45, 2.75) is 49.4 Å². The number of thioether (sulfide) groups is 2. The predicted octanol–water partition coefficient (Wildman–Crippen LogP) is 2.60. The molecule has 4 atom stereocenters. The van der Waals surface area contributed by atoms with Crippen LogP contribution in [0.2, 0.25) is 0 Å². The zero-order valence-electron chi connectivity index (χ0n) is 15.8. The maximum atomic E-state index is 12.9. The molecule has 1 N–H and O–H groups in total. The number of amides is 1. The molecule has 1 unspecified atom stereocenters. The standard InChI is InChI=1S/C21H25N3O2S2/c22-10-17-11-27-13-24(17)21(26)19-20(28-12-23-19)18(25)8-6-14-5-7-15-3-1-2-4-16(15)9-14/h1-4,14,17,19-20,23H,5-9,11-13H2/t14-,17+,19-,20?/m0/s1. The van der Waals surface area contributed by atoms with Crippen molar-refractivity contribution in [3.05, 3.63) is 35.4 Å². The number of fused-ring (bicyclic) bond motifs is 1. The van der Waals surface area contributed by atoms with E-state index in [-0.39, 0.29) is 23.0 Å². The van der Waals surface area contributed by atoms with E-state index in [1.165, 1.54) is 22.9 Å². The SMILES string of the molecule is N#C[C@@H]1CSCN1C(=O)[C@H]1NCSC1C(=O)CC[C@@H]1CCc2ccccc2C1. The molecule has 148 valence electrons. The van der Waals surface area contributed by atoms with Gasteiger partial charge in [-0.1, -0.05) is 24.3 Å². The van der Waals surface area contributed by atoms with Gasteiger partial charge in [0.2, 0.25) is 5.91 Å². The third-order valence-electron chi connectivity index (χ3n) is 6.01. The molecule has 1 aliphatic carbocycles. The molecule has 1 aromatic rings. The Bertz CT molecular complexity index is 794. The Balaban J connectivity index is 1.33. The first kappa shape index (κ1) is 19.8. The van der Waals surface area contributed by atoms with Crippen molar-refractivity contribution in [3.63, 3.8) is 0 Å². The van der Waals surface area contributed by atoms with Crippen LogP contribution in [0.3, 0.4) is 0 Å². The first-order valence-corrected chi connectivity index (χ1v) is 12.1. The highest BCUT2D eigenvalue weighted by molar-refractivity contribution is 8.01. The Morgan fingerprint density at radius 3 is 2.93 bits per heavy atom. The van der Waals surface area contributed by atoms with Crippen LogP contribution in [0.5, 0.6) is 0 Å². The number of Topliss-reactive ketones (excluding diaryl/α,β-unsaturated/α-hetero) is 1. The van der Waals surface area contributed by atoms with E-state index in [2.05, 4.69) is 35.7 Å². The van der Waals surface area contributed by atoms with Gasteiger partial charge in [-0.25, -0.2) is 0 Å². The molecular formula is C21H25N3O2S2. The number of hydrogen-bond donors (Lipinski definition) is 1. The number of ketones is 1. The van der Waals surface area contributed by atoms with Gasteiger partial charge < -0.3 is 4.90 Å². The molecule has 0 spiro atoms. The van der Waals surface area contributed by atoms with Gasteiger partial charge in [0, 0.05) is 18.1 Å². The summed E-state index contributed by atoms with van der Waals surface area (Å²) in [5, 5.41) is 12.1. The molecule has 7 heteroatoms. The highest BCUT2D eigenvalue weighted by atomic mass is 32.2. The lowest BCUT2D eigenvalue weighted by molar-refractivity contribution is -0.134. The van der Waals surface area contributed by atoms with Gasteiger partial charge in [-0.2, -0.15) is 5.26 Å². The fraction of sp³-hybridized carbons (Fsp3) is 0.571. The number of rotatable bonds is 5. The van der Waals surface area contributed by atoms with Crippen LogP contribution in [0, 0.1) is 17.2 Å². The molecule has 28 heavy (non-hydrogen) atoms. The topological polar surface area (TPSA) is 73.2 Å². The maximum absolute atomic E-state index is 12.9. The summed E-state index contributed by atoms with van der Waals surface area (Å²) in [6.45, 7) is 0. The lowest BCUT2D eigenvalue weighted by Gasteiger charge is -2.26. The van der Waals surface area contributed by atoms with Crippen LogP contribution < -0.4 is 5.32 Å². The van der Waals surface area contributed by atoms with E-state index in [0.717, 1.165) is 25.7 Å². The number of aryl methyl sites for hydroxylation is 1. The number of nitrogens with one attached hydrogen (secondary N) is 1. The molecular weight excluding hydrogens is 390 g/mol. The van der Waals surface area contributed by atoms with Gasteiger partial charge in [-0.15, -0.1) is 23.5 Å². The van der Waals surface area contributed by atoms with Gasteiger partial charge in [-0.3, -0.25) is 14.9 Å². The maximum Gasteiger partial charge on any atom is 0.243 e. The second-order valence-electron chi connectivity index (χ2n) is 7.75. The normalized spacial score (nSPS) is 29.3. The van der Waals surface area contributed by atoms with Crippen LogP contribution in [0.1, 0.15) is 30.4 Å². The minimum Gasteiger partial charge on any atom is -0.315 e. The third kappa shape index (κ3) is 4.10. The predicted molar refractivity (Wildman–Crippen MR) is 113 cm³/mol. The summed E-state index contributed by atoms with van der Waals surface area (Å²) in [7, 11) is 0. The lowest BCUT2D eigenvalue weighted by atomic mass is 9.81. The Labute approximate surface area is 174 Å². The Morgan fingerprint density at radius 2 is 2.11 bits per heavy atom. The van der Waals surface area contributed by atoms with Crippen LogP contribution in [0.25, 0.3) is 0 Å². The summed E-state index contributed by atoms with van der Waals surface area (Å²) < 4.78 is 0. The quantitative estimate of drug-likeness (QED) is 0.797. The van der Waals surface area contributed by atoms with Crippen LogP contribution >= 0.6 is 23.5 Å². The van der Waals surface area contributed by atoms with Crippen molar-refractivity contribution in [2.24, 2.45) is 5.92 Å². The molecule has 0 radical (unpaired) electrons. The summed E-state index contributed by atoms with van der Waals surface area (Å²) in [4.78, 5) is 27.5. The van der Waals surface area contributed by atoms with Gasteiger partial charge in [-0.05, 0) is 42.7 Å². The van der Waals surface area contributed by atoms with Crippen molar-refractivity contribution in [2.75, 3.05) is 17.5 Å². The zero-order chi connectivity index (χ0) is 19.5. The molecule has 2 heterocycles. The largest absolute Gasteiger partial charge is 0.315 e. The highest BCUT2D eigenvalue weighted by Crippen LogP contribution is 2.31. The smallest absolute Gasteiger partial charge is 0.243 e. The van der Waals surface area contributed by atoms with E-state index in [9.17, 15) is 14.9 Å². The third-order valence-corrected chi connectivity index (χ3v) is 8.25. The molecule has 0 bridgehead atoms. The zero-order valence-corrected chi connectivity index (χ0v) is 17.4. The van der Waals surface area contributed by atoms with E-state index in [0.29, 0.717) is 29.8 Å². The molecule has 3 aliphatic rings. The van der Waals surface area contributed by atoms with Gasteiger partial charge in [0.25, 0.3) is 0 Å². The summed E-state index contributed by atoms with van der Waals surface area (Å²) >= 11 is 3.13. The second kappa shape index (κ2) is 8.89. The molecule has 2 saturated heterocycles. The molecule has 1 amide bonds. The molecule has 2 fully saturated rings. The monoisotopic (exact) mass is 415 g/mol.